The summed E-state index contributed by atoms with van der Waals surface area (Å²) in [5.41, 5.74) is 2.79. The molecule has 4 aromatic rings. The van der Waals surface area contributed by atoms with Gasteiger partial charge in [-0.05, 0) is 48.5 Å². The molecule has 0 saturated heterocycles. The van der Waals surface area contributed by atoms with E-state index in [1.807, 2.05) is 96.5 Å². The molecule has 0 aliphatic carbocycles. The minimum Gasteiger partial charge on any atom is -0.457 e. The Kier molecular flexibility index (Phi) is 5.01. The number of hydrogen-bond acceptors (Lipinski definition) is 6. The van der Waals surface area contributed by atoms with Crippen LogP contribution >= 0.6 is 11.3 Å². The summed E-state index contributed by atoms with van der Waals surface area (Å²) >= 11 is 1.54. The minimum atomic E-state index is -0.182. The lowest BCUT2D eigenvalue weighted by atomic mass is 10.2. The van der Waals surface area contributed by atoms with Crippen LogP contribution in [0.2, 0.25) is 0 Å². The van der Waals surface area contributed by atoms with Gasteiger partial charge in [-0.2, -0.15) is 0 Å². The van der Waals surface area contributed by atoms with Crippen LogP contribution in [0.4, 0.5) is 16.5 Å². The average molecular weight is 412 g/mol. The van der Waals surface area contributed by atoms with Gasteiger partial charge in [-0.3, -0.25) is 0 Å². The van der Waals surface area contributed by atoms with E-state index in [0.717, 1.165) is 33.7 Å². The first kappa shape index (κ1) is 18.2. The number of anilines is 2. The first-order valence-electron chi connectivity index (χ1n) is 9.49. The van der Waals surface area contributed by atoms with E-state index < -0.39 is 0 Å². The molecule has 0 saturated carbocycles. The average Bonchev–Trinajstić information content (AvgIpc) is 3.46. The van der Waals surface area contributed by atoms with Crippen LogP contribution in [0.25, 0.3) is 0 Å². The van der Waals surface area contributed by atoms with E-state index in [1.54, 1.807) is 16.0 Å². The van der Waals surface area contributed by atoms with Crippen molar-refractivity contribution in [3.63, 3.8) is 0 Å². The van der Waals surface area contributed by atoms with Gasteiger partial charge in [-0.25, -0.2) is 4.98 Å². The second-order valence-electron chi connectivity index (χ2n) is 6.62. The molecule has 0 amide bonds. The Morgan fingerprint density at radius 2 is 1.53 bits per heavy atom. The number of ether oxygens (including phenoxy) is 1. The van der Waals surface area contributed by atoms with Crippen molar-refractivity contribution in [3.05, 3.63) is 96.0 Å². The van der Waals surface area contributed by atoms with Crippen molar-refractivity contribution in [2.45, 2.75) is 6.04 Å². The number of nitrogens with zero attached hydrogens (tertiary/aromatic N) is 4. The number of nitrogens with one attached hydrogen (secondary N) is 1. The number of hydrogen-bond donors (Lipinski definition) is 1. The fourth-order valence-electron chi connectivity index (χ4n) is 2.99. The lowest BCUT2D eigenvalue weighted by molar-refractivity contribution is -0.444. The van der Waals surface area contributed by atoms with Crippen molar-refractivity contribution >= 4 is 34.1 Å². The largest absolute Gasteiger partial charge is 0.457 e. The molecule has 0 bridgehead atoms. The van der Waals surface area contributed by atoms with Gasteiger partial charge in [0.15, 0.2) is 17.0 Å². The van der Waals surface area contributed by atoms with Gasteiger partial charge in [-0.15, -0.1) is 16.0 Å². The van der Waals surface area contributed by atoms with Gasteiger partial charge in [-0.1, -0.05) is 36.4 Å². The van der Waals surface area contributed by atoms with Gasteiger partial charge >= 0.3 is 0 Å². The van der Waals surface area contributed by atoms with E-state index in [0.29, 0.717) is 0 Å². The van der Waals surface area contributed by atoms with E-state index >= 15 is 0 Å². The summed E-state index contributed by atoms with van der Waals surface area (Å²) in [6, 6.07) is 27.3. The summed E-state index contributed by atoms with van der Waals surface area (Å²) in [7, 11) is 0. The topological polar surface area (TPSA) is 61.9 Å². The van der Waals surface area contributed by atoms with E-state index in [9.17, 15) is 0 Å². The van der Waals surface area contributed by atoms with Crippen LogP contribution in [0.5, 0.6) is 11.5 Å². The Bertz CT molecular complexity index is 1190. The molecule has 5 rings (SSSR count). The third-order valence-electron chi connectivity index (χ3n) is 4.49. The second-order valence-corrected chi connectivity index (χ2v) is 7.48. The maximum atomic E-state index is 5.83. The van der Waals surface area contributed by atoms with E-state index in [2.05, 4.69) is 20.6 Å². The summed E-state index contributed by atoms with van der Waals surface area (Å²) in [6.45, 7) is 0. The van der Waals surface area contributed by atoms with E-state index in [1.165, 1.54) is 0 Å². The van der Waals surface area contributed by atoms with Crippen molar-refractivity contribution in [2.75, 3.05) is 5.32 Å². The monoisotopic (exact) mass is 412 g/mol. The molecule has 0 spiro atoms. The molecule has 1 aliphatic heterocycles. The SMILES string of the molecule is C1=[N+](c2ccccc2)N=NC1c1csc(Nc2ccc(Oc3ccccc3)cc2)n1. The van der Waals surface area contributed by atoms with Gasteiger partial charge in [0.05, 0.1) is 0 Å². The molecule has 7 heteroatoms. The standard InChI is InChI=1S/C23H18N5OS/c1-3-7-18(8-4-1)28-15-21(26-27-28)22-16-30-23(25-22)24-17-11-13-20(14-12-17)29-19-9-5-2-6-10-19/h1-16,21H,(H,24,25)/q+1. The van der Waals surface area contributed by atoms with Gasteiger partial charge in [0, 0.05) is 16.2 Å². The Labute approximate surface area is 177 Å². The highest BCUT2D eigenvalue weighted by atomic mass is 32.1. The Morgan fingerprint density at radius 1 is 0.833 bits per heavy atom. The lowest BCUT2D eigenvalue weighted by Gasteiger charge is -2.07. The smallest absolute Gasteiger partial charge is 0.265 e. The summed E-state index contributed by atoms with van der Waals surface area (Å²) in [5, 5.41) is 14.7. The molecule has 146 valence electrons. The van der Waals surface area contributed by atoms with Crippen LogP contribution in [0.15, 0.2) is 101 Å². The molecular formula is C23H18N5OS+. The number of thiazole rings is 1. The molecule has 0 radical (unpaired) electrons. The van der Waals surface area contributed by atoms with Crippen molar-refractivity contribution in [1.29, 1.82) is 0 Å². The van der Waals surface area contributed by atoms with Crippen LogP contribution in [0, 0.1) is 0 Å². The molecule has 3 aromatic carbocycles. The Morgan fingerprint density at radius 3 is 2.30 bits per heavy atom. The Hall–Kier alpha value is -3.84. The zero-order valence-electron chi connectivity index (χ0n) is 15.9. The molecular weight excluding hydrogens is 394 g/mol. The maximum absolute atomic E-state index is 5.83. The van der Waals surface area contributed by atoms with Crippen LogP contribution < -0.4 is 10.1 Å². The minimum absolute atomic E-state index is 0.182. The quantitative estimate of drug-likeness (QED) is 0.367. The normalized spacial score (nSPS) is 15.1. The zero-order chi connectivity index (χ0) is 20.2. The summed E-state index contributed by atoms with van der Waals surface area (Å²) in [4.78, 5) is 4.67. The summed E-state index contributed by atoms with van der Waals surface area (Å²) in [5.74, 6) is 1.60. The zero-order valence-corrected chi connectivity index (χ0v) is 16.7. The van der Waals surface area contributed by atoms with Crippen molar-refractivity contribution in [3.8, 4) is 11.5 Å². The predicted octanol–water partition coefficient (Wildman–Crippen LogP) is 6.52. The molecule has 1 atom stereocenters. The van der Waals surface area contributed by atoms with Crippen LogP contribution in [-0.4, -0.2) is 15.9 Å². The van der Waals surface area contributed by atoms with Crippen LogP contribution in [0.3, 0.4) is 0 Å². The predicted molar refractivity (Wildman–Crippen MR) is 118 cm³/mol. The van der Waals surface area contributed by atoms with Crippen molar-refractivity contribution < 1.29 is 9.42 Å². The second kappa shape index (κ2) is 8.26. The molecule has 0 fully saturated rings. The molecule has 6 nitrogen and oxygen atoms in total. The molecule has 1 aliphatic rings. The van der Waals surface area contributed by atoms with Gasteiger partial charge in [0.1, 0.15) is 22.4 Å². The van der Waals surface area contributed by atoms with E-state index in [4.69, 9.17) is 4.74 Å². The van der Waals surface area contributed by atoms with E-state index in [-0.39, 0.29) is 6.04 Å². The highest BCUT2D eigenvalue weighted by Crippen LogP contribution is 2.29. The fraction of sp³-hybridized carbons (Fsp3) is 0.0435. The van der Waals surface area contributed by atoms with Crippen LogP contribution in [0.1, 0.15) is 11.7 Å². The van der Waals surface area contributed by atoms with Gasteiger partial charge < -0.3 is 10.1 Å². The number of para-hydroxylation sites is 2. The molecule has 1 aromatic heterocycles. The Balaban J connectivity index is 1.24. The van der Waals surface area contributed by atoms with Crippen LogP contribution in [-0.2, 0) is 0 Å². The molecule has 2 heterocycles. The third-order valence-corrected chi connectivity index (χ3v) is 5.26. The highest BCUT2D eigenvalue weighted by molar-refractivity contribution is 7.13. The van der Waals surface area contributed by atoms with Crippen molar-refractivity contribution in [1.82, 2.24) is 4.98 Å². The number of benzene rings is 3. The molecule has 1 N–H and O–H groups in total. The first-order valence-corrected chi connectivity index (χ1v) is 10.4. The number of rotatable bonds is 6. The van der Waals surface area contributed by atoms with Gasteiger partial charge in [0.25, 0.3) is 6.04 Å². The van der Waals surface area contributed by atoms with Crippen molar-refractivity contribution in [2.24, 2.45) is 10.3 Å². The molecule has 1 unspecified atom stereocenters. The number of aromatic nitrogens is 1. The summed E-state index contributed by atoms with van der Waals surface area (Å²) in [6.07, 6.45) is 1.96. The lowest BCUT2D eigenvalue weighted by Crippen LogP contribution is -2.00. The molecule has 30 heavy (non-hydrogen) atoms. The fourth-order valence-corrected chi connectivity index (χ4v) is 3.75. The first-order chi connectivity index (χ1) is 14.8. The third kappa shape index (κ3) is 4.11. The summed E-state index contributed by atoms with van der Waals surface area (Å²) < 4.78 is 7.61. The maximum Gasteiger partial charge on any atom is 0.265 e. The van der Waals surface area contributed by atoms with Gasteiger partial charge in [0.2, 0.25) is 0 Å². The highest BCUT2D eigenvalue weighted by Gasteiger charge is 2.27.